The molecule has 0 aliphatic heterocycles. The molecular weight excluding hydrogens is 372 g/mol. The van der Waals surface area contributed by atoms with Crippen LogP contribution in [-0.2, 0) is 6.42 Å². The zero-order chi connectivity index (χ0) is 19.3. The number of aromatic nitrogens is 4. The molecule has 28 heavy (non-hydrogen) atoms. The maximum Gasteiger partial charge on any atom is 0.266 e. The minimum atomic E-state index is -0.0730. The first kappa shape index (κ1) is 18.3. The van der Waals surface area contributed by atoms with Gasteiger partial charge in [0.05, 0.1) is 29.9 Å². The van der Waals surface area contributed by atoms with Gasteiger partial charge in [0.1, 0.15) is 5.75 Å². The molecule has 4 aromatic rings. The molecule has 0 aliphatic carbocycles. The van der Waals surface area contributed by atoms with Crippen LogP contribution in [-0.4, -0.2) is 32.6 Å². The van der Waals surface area contributed by atoms with E-state index in [0.717, 1.165) is 24.3 Å². The minimum absolute atomic E-state index is 0.0730. The molecule has 1 N–H and O–H groups in total. The van der Waals surface area contributed by atoms with Gasteiger partial charge in [0.25, 0.3) is 5.56 Å². The summed E-state index contributed by atoms with van der Waals surface area (Å²) < 4.78 is 7.01. The third kappa shape index (κ3) is 3.80. The fourth-order valence-corrected chi connectivity index (χ4v) is 3.99. The maximum atomic E-state index is 13.2. The van der Waals surface area contributed by atoms with Gasteiger partial charge in [-0.3, -0.25) is 14.5 Å². The largest absolute Gasteiger partial charge is 0.497 e. The Morgan fingerprint density at radius 2 is 2.07 bits per heavy atom. The molecule has 4 rings (SSSR count). The molecule has 0 amide bonds. The van der Waals surface area contributed by atoms with Crippen LogP contribution in [0.4, 0.5) is 0 Å². The molecule has 0 saturated carbocycles. The number of H-pyrrole nitrogens is 1. The lowest BCUT2D eigenvalue weighted by Crippen LogP contribution is -2.21. The van der Waals surface area contributed by atoms with Gasteiger partial charge in [0.15, 0.2) is 5.16 Å². The van der Waals surface area contributed by atoms with Crippen molar-refractivity contribution in [1.29, 1.82) is 0 Å². The lowest BCUT2D eigenvalue weighted by molar-refractivity contribution is 0.414. The predicted octanol–water partition coefficient (Wildman–Crippen LogP) is 3.84. The zero-order valence-electron chi connectivity index (χ0n) is 15.5. The Balaban J connectivity index is 1.69. The molecule has 142 valence electrons. The molecule has 6 nitrogen and oxygen atoms in total. The van der Waals surface area contributed by atoms with Crippen molar-refractivity contribution in [3.8, 4) is 11.4 Å². The molecule has 0 bridgehead atoms. The number of ether oxygens (including phenoxy) is 1. The van der Waals surface area contributed by atoms with Crippen molar-refractivity contribution in [3.63, 3.8) is 0 Å². The van der Waals surface area contributed by atoms with Crippen molar-refractivity contribution in [3.05, 3.63) is 76.8 Å². The molecule has 0 radical (unpaired) electrons. The van der Waals surface area contributed by atoms with Crippen molar-refractivity contribution in [2.24, 2.45) is 0 Å². The Labute approximate surface area is 166 Å². The molecule has 0 atom stereocenters. The fourth-order valence-electron chi connectivity index (χ4n) is 3.04. The molecule has 7 heteroatoms. The second-order valence-corrected chi connectivity index (χ2v) is 7.37. The highest BCUT2D eigenvalue weighted by molar-refractivity contribution is 7.99. The highest BCUT2D eigenvalue weighted by atomic mass is 32.2. The molecule has 0 fully saturated rings. The number of nitrogens with one attached hydrogen (secondary N) is 1. The highest BCUT2D eigenvalue weighted by Gasteiger charge is 2.13. The highest BCUT2D eigenvalue weighted by Crippen LogP contribution is 2.24. The van der Waals surface area contributed by atoms with Gasteiger partial charge in [-0.25, -0.2) is 4.98 Å². The van der Waals surface area contributed by atoms with E-state index in [4.69, 9.17) is 9.72 Å². The van der Waals surface area contributed by atoms with E-state index in [9.17, 15) is 4.79 Å². The summed E-state index contributed by atoms with van der Waals surface area (Å²) >= 11 is 1.59. The minimum Gasteiger partial charge on any atom is -0.497 e. The van der Waals surface area contributed by atoms with E-state index in [1.54, 1.807) is 23.4 Å². The van der Waals surface area contributed by atoms with E-state index < -0.39 is 0 Å². The van der Waals surface area contributed by atoms with E-state index in [2.05, 4.69) is 10.2 Å². The summed E-state index contributed by atoms with van der Waals surface area (Å²) in [5, 5.41) is 8.09. The third-order valence-electron chi connectivity index (χ3n) is 4.45. The van der Waals surface area contributed by atoms with Crippen LogP contribution in [0.15, 0.2) is 70.9 Å². The second-order valence-electron chi connectivity index (χ2n) is 6.31. The lowest BCUT2D eigenvalue weighted by atomic mass is 10.2. The van der Waals surface area contributed by atoms with Gasteiger partial charge < -0.3 is 4.74 Å². The van der Waals surface area contributed by atoms with Crippen LogP contribution in [0.2, 0.25) is 0 Å². The lowest BCUT2D eigenvalue weighted by Gasteiger charge is -2.14. The van der Waals surface area contributed by atoms with Gasteiger partial charge in [-0.2, -0.15) is 5.10 Å². The van der Waals surface area contributed by atoms with Gasteiger partial charge in [-0.15, -0.1) is 0 Å². The Morgan fingerprint density at radius 3 is 2.89 bits per heavy atom. The summed E-state index contributed by atoms with van der Waals surface area (Å²) in [6.07, 6.45) is 5.64. The van der Waals surface area contributed by atoms with Crippen LogP contribution in [0, 0.1) is 0 Å². The average Bonchev–Trinajstić information content (AvgIpc) is 3.25. The third-order valence-corrected chi connectivity index (χ3v) is 5.48. The number of nitrogens with zero attached hydrogens (tertiary/aromatic N) is 3. The van der Waals surface area contributed by atoms with Gasteiger partial charge in [0.2, 0.25) is 0 Å². The summed E-state index contributed by atoms with van der Waals surface area (Å²) in [5.41, 5.74) is 2.57. The molecule has 0 spiro atoms. The maximum absolute atomic E-state index is 13.2. The van der Waals surface area contributed by atoms with Crippen LogP contribution in [0.3, 0.4) is 0 Å². The number of thioether (sulfide) groups is 1. The van der Waals surface area contributed by atoms with Crippen LogP contribution in [0.1, 0.15) is 12.0 Å². The van der Waals surface area contributed by atoms with Crippen LogP contribution >= 0.6 is 11.8 Å². The van der Waals surface area contributed by atoms with E-state index in [-0.39, 0.29) is 5.56 Å². The van der Waals surface area contributed by atoms with Crippen molar-refractivity contribution < 1.29 is 4.74 Å². The molecule has 0 aliphatic rings. The summed E-state index contributed by atoms with van der Waals surface area (Å²) in [6.45, 7) is 0. The van der Waals surface area contributed by atoms with E-state index in [1.807, 2.05) is 60.9 Å². The molecular formula is C21H20N4O2S. The summed E-state index contributed by atoms with van der Waals surface area (Å²) in [5.74, 6) is 1.55. The first-order valence-electron chi connectivity index (χ1n) is 9.03. The molecule has 2 aromatic heterocycles. The van der Waals surface area contributed by atoms with E-state index in [1.165, 1.54) is 5.56 Å². The smallest absolute Gasteiger partial charge is 0.266 e. The number of aryl methyl sites for hydroxylation is 1. The number of hydrogen-bond donors (Lipinski definition) is 1. The molecule has 2 heterocycles. The Kier molecular flexibility index (Phi) is 5.43. The Morgan fingerprint density at radius 1 is 1.18 bits per heavy atom. The number of benzene rings is 2. The number of para-hydroxylation sites is 1. The van der Waals surface area contributed by atoms with Crippen LogP contribution < -0.4 is 10.3 Å². The number of aromatic amines is 1. The number of methoxy groups -OCH3 is 1. The van der Waals surface area contributed by atoms with Gasteiger partial charge >= 0.3 is 0 Å². The standard InChI is InChI=1S/C21H20N4O2S/c1-27-17-8-4-7-16(12-17)25-20(26)18-9-2-3-10-19(18)24-21(25)28-11-5-6-15-13-22-23-14-15/h2-4,7-10,12-14H,5-6,11H2,1H3,(H,22,23). The normalized spacial score (nSPS) is 11.0. The van der Waals surface area contributed by atoms with Crippen molar-refractivity contribution in [1.82, 2.24) is 19.7 Å². The summed E-state index contributed by atoms with van der Waals surface area (Å²) in [6, 6.07) is 14.9. The SMILES string of the molecule is COc1cccc(-n2c(SCCCc3cn[nH]c3)nc3ccccc3c2=O)c1. The second kappa shape index (κ2) is 8.31. The first-order chi connectivity index (χ1) is 13.8. The van der Waals surface area contributed by atoms with Crippen molar-refractivity contribution in [2.45, 2.75) is 18.0 Å². The molecule has 0 saturated heterocycles. The van der Waals surface area contributed by atoms with Gasteiger partial charge in [-0.05, 0) is 42.7 Å². The Bertz CT molecular complexity index is 1140. The van der Waals surface area contributed by atoms with E-state index in [0.29, 0.717) is 21.8 Å². The molecule has 2 aromatic carbocycles. The average molecular weight is 392 g/mol. The monoisotopic (exact) mass is 392 g/mol. The number of rotatable bonds is 7. The number of fused-ring (bicyclic) bond motifs is 1. The molecule has 0 unspecified atom stereocenters. The fraction of sp³-hybridized carbons (Fsp3) is 0.190. The number of hydrogen-bond acceptors (Lipinski definition) is 5. The topological polar surface area (TPSA) is 72.8 Å². The zero-order valence-corrected chi connectivity index (χ0v) is 16.3. The van der Waals surface area contributed by atoms with Crippen LogP contribution in [0.25, 0.3) is 16.6 Å². The van der Waals surface area contributed by atoms with Crippen molar-refractivity contribution >= 4 is 22.7 Å². The van der Waals surface area contributed by atoms with Crippen LogP contribution in [0.5, 0.6) is 5.75 Å². The quantitative estimate of drug-likeness (QED) is 0.294. The summed E-state index contributed by atoms with van der Waals surface area (Å²) in [7, 11) is 1.62. The predicted molar refractivity (Wildman–Crippen MR) is 112 cm³/mol. The Hall–Kier alpha value is -3.06. The summed E-state index contributed by atoms with van der Waals surface area (Å²) in [4.78, 5) is 18.0. The van der Waals surface area contributed by atoms with Crippen molar-refractivity contribution in [2.75, 3.05) is 12.9 Å². The first-order valence-corrected chi connectivity index (χ1v) is 10.0. The van der Waals surface area contributed by atoms with Gasteiger partial charge in [0, 0.05) is 18.0 Å². The van der Waals surface area contributed by atoms with Gasteiger partial charge in [-0.1, -0.05) is 30.0 Å². The van der Waals surface area contributed by atoms with E-state index >= 15 is 0 Å².